The van der Waals surface area contributed by atoms with Crippen molar-refractivity contribution in [2.24, 2.45) is 0 Å². The van der Waals surface area contributed by atoms with Crippen LogP contribution in [0.5, 0.6) is 11.6 Å². The van der Waals surface area contributed by atoms with Gasteiger partial charge in [0.15, 0.2) is 0 Å². The van der Waals surface area contributed by atoms with Crippen LogP contribution in [0.25, 0.3) is 0 Å². The second kappa shape index (κ2) is 6.22. The van der Waals surface area contributed by atoms with Crippen molar-refractivity contribution >= 4 is 21.9 Å². The van der Waals surface area contributed by atoms with Crippen molar-refractivity contribution in [2.45, 2.75) is 26.7 Å². The summed E-state index contributed by atoms with van der Waals surface area (Å²) in [6.07, 6.45) is 1.67. The maximum atomic E-state index is 5.83. The molecule has 0 aliphatic carbocycles. The predicted molar refractivity (Wildman–Crippen MR) is 84.6 cm³/mol. The largest absolute Gasteiger partial charge is 0.438 e. The number of hydrogen-bond acceptors (Lipinski definition) is 4. The highest BCUT2D eigenvalue weighted by Gasteiger charge is 2.09. The molecule has 1 N–H and O–H groups in total. The Morgan fingerprint density at radius 3 is 2.65 bits per heavy atom. The highest BCUT2D eigenvalue weighted by Crippen LogP contribution is 2.30. The molecule has 0 spiro atoms. The molecular formula is C15H18BrN3O. The highest BCUT2D eigenvalue weighted by molar-refractivity contribution is 9.10. The average molecular weight is 336 g/mol. The molecule has 1 aromatic heterocycles. The van der Waals surface area contributed by atoms with E-state index in [1.165, 1.54) is 11.1 Å². The number of rotatable bonds is 4. The van der Waals surface area contributed by atoms with Crippen LogP contribution in [0.4, 0.5) is 5.95 Å². The summed E-state index contributed by atoms with van der Waals surface area (Å²) in [5.74, 6) is 2.30. The van der Waals surface area contributed by atoms with E-state index in [9.17, 15) is 0 Å². The lowest BCUT2D eigenvalue weighted by atomic mass is 9.98. The topological polar surface area (TPSA) is 47.0 Å². The van der Waals surface area contributed by atoms with Gasteiger partial charge in [-0.2, -0.15) is 4.98 Å². The molecule has 0 unspecified atom stereocenters. The van der Waals surface area contributed by atoms with Crippen molar-refractivity contribution in [3.8, 4) is 11.6 Å². The van der Waals surface area contributed by atoms with Crippen LogP contribution < -0.4 is 10.1 Å². The number of aryl methyl sites for hydroxylation is 1. The van der Waals surface area contributed by atoms with Crippen molar-refractivity contribution < 1.29 is 4.74 Å². The number of nitrogens with one attached hydrogen (secondary N) is 1. The van der Waals surface area contributed by atoms with Gasteiger partial charge in [-0.1, -0.05) is 19.9 Å². The molecule has 0 radical (unpaired) electrons. The molecule has 106 valence electrons. The standard InChI is InChI=1S/C15H18BrN3O/c1-9(2)12-6-5-11(7-10(12)3)20-14-13(16)8-18-15(17-4)19-14/h5-9H,1-4H3,(H,17,18,19). The third-order valence-corrected chi connectivity index (χ3v) is 3.56. The SMILES string of the molecule is CNc1ncc(Br)c(Oc2ccc(C(C)C)c(C)c2)n1. The number of aromatic nitrogens is 2. The van der Waals surface area contributed by atoms with Crippen LogP contribution in [0.15, 0.2) is 28.9 Å². The smallest absolute Gasteiger partial charge is 0.238 e. The lowest BCUT2D eigenvalue weighted by Gasteiger charge is -2.12. The Hall–Kier alpha value is -1.62. The maximum Gasteiger partial charge on any atom is 0.238 e. The molecule has 0 aliphatic rings. The summed E-state index contributed by atoms with van der Waals surface area (Å²) < 4.78 is 6.55. The molecule has 0 aliphatic heterocycles. The van der Waals surface area contributed by atoms with Crippen LogP contribution in [0.1, 0.15) is 30.9 Å². The molecule has 0 atom stereocenters. The molecule has 4 nitrogen and oxygen atoms in total. The minimum absolute atomic E-state index is 0.501. The number of ether oxygens (including phenoxy) is 1. The van der Waals surface area contributed by atoms with Gasteiger partial charge in [-0.3, -0.25) is 0 Å². The normalized spacial score (nSPS) is 10.7. The van der Waals surface area contributed by atoms with Crippen LogP contribution in [0.3, 0.4) is 0 Å². The third kappa shape index (κ3) is 3.28. The van der Waals surface area contributed by atoms with E-state index in [-0.39, 0.29) is 0 Å². The summed E-state index contributed by atoms with van der Waals surface area (Å²) >= 11 is 3.40. The van der Waals surface area contributed by atoms with Gasteiger partial charge < -0.3 is 10.1 Å². The molecule has 1 heterocycles. The van der Waals surface area contributed by atoms with E-state index in [1.54, 1.807) is 13.2 Å². The number of hydrogen-bond donors (Lipinski definition) is 1. The minimum atomic E-state index is 0.501. The van der Waals surface area contributed by atoms with E-state index >= 15 is 0 Å². The molecule has 1 aromatic carbocycles. The van der Waals surface area contributed by atoms with E-state index < -0.39 is 0 Å². The van der Waals surface area contributed by atoms with Crippen molar-refractivity contribution in [2.75, 3.05) is 12.4 Å². The first-order chi connectivity index (χ1) is 9.51. The minimum Gasteiger partial charge on any atom is -0.438 e. The third-order valence-electron chi connectivity index (χ3n) is 3.01. The second-order valence-corrected chi connectivity index (χ2v) is 5.73. The Bertz CT molecular complexity index is 614. The molecule has 0 bridgehead atoms. The van der Waals surface area contributed by atoms with E-state index in [0.717, 1.165) is 10.2 Å². The van der Waals surface area contributed by atoms with Crippen LogP contribution in [-0.4, -0.2) is 17.0 Å². The molecule has 2 aromatic rings. The van der Waals surface area contributed by atoms with Gasteiger partial charge >= 0.3 is 0 Å². The summed E-state index contributed by atoms with van der Waals surface area (Å²) in [6, 6.07) is 6.10. The summed E-state index contributed by atoms with van der Waals surface area (Å²) in [5.41, 5.74) is 2.55. The quantitative estimate of drug-likeness (QED) is 0.893. The van der Waals surface area contributed by atoms with E-state index in [1.807, 2.05) is 12.1 Å². The van der Waals surface area contributed by atoms with E-state index in [4.69, 9.17) is 4.74 Å². The van der Waals surface area contributed by atoms with Crippen LogP contribution in [0.2, 0.25) is 0 Å². The first kappa shape index (κ1) is 14.8. The highest BCUT2D eigenvalue weighted by atomic mass is 79.9. The summed E-state index contributed by atoms with van der Waals surface area (Å²) in [5, 5.41) is 2.89. The molecular weight excluding hydrogens is 318 g/mol. The van der Waals surface area contributed by atoms with Gasteiger partial charge in [-0.25, -0.2) is 4.98 Å². The van der Waals surface area contributed by atoms with Crippen LogP contribution >= 0.6 is 15.9 Å². The Balaban J connectivity index is 2.28. The van der Waals surface area contributed by atoms with Gasteiger partial charge in [0.1, 0.15) is 5.75 Å². The summed E-state index contributed by atoms with van der Waals surface area (Å²) in [4.78, 5) is 8.39. The van der Waals surface area contributed by atoms with Crippen LogP contribution in [0, 0.1) is 6.92 Å². The lowest BCUT2D eigenvalue weighted by Crippen LogP contribution is -1.99. The molecule has 0 fully saturated rings. The van der Waals surface area contributed by atoms with Gasteiger partial charge in [-0.15, -0.1) is 0 Å². The zero-order valence-corrected chi connectivity index (χ0v) is 13.7. The first-order valence-corrected chi connectivity index (χ1v) is 7.29. The van der Waals surface area contributed by atoms with E-state index in [0.29, 0.717) is 17.7 Å². The van der Waals surface area contributed by atoms with Crippen molar-refractivity contribution in [1.82, 2.24) is 9.97 Å². The molecule has 2 rings (SSSR count). The summed E-state index contributed by atoms with van der Waals surface area (Å²) in [7, 11) is 1.77. The fraction of sp³-hybridized carbons (Fsp3) is 0.333. The maximum absolute atomic E-state index is 5.83. The molecule has 0 saturated heterocycles. The van der Waals surface area contributed by atoms with Gasteiger partial charge in [0, 0.05) is 7.05 Å². The Morgan fingerprint density at radius 2 is 2.05 bits per heavy atom. The van der Waals surface area contributed by atoms with Gasteiger partial charge in [0.2, 0.25) is 11.8 Å². The number of nitrogens with zero attached hydrogens (tertiary/aromatic N) is 2. The monoisotopic (exact) mass is 335 g/mol. The van der Waals surface area contributed by atoms with Gasteiger partial charge in [-0.05, 0) is 52.0 Å². The summed E-state index contributed by atoms with van der Waals surface area (Å²) in [6.45, 7) is 6.46. The first-order valence-electron chi connectivity index (χ1n) is 6.50. The Labute approximate surface area is 127 Å². The number of anilines is 1. The molecule has 0 saturated carbocycles. The van der Waals surface area contributed by atoms with Gasteiger partial charge in [0.05, 0.1) is 10.7 Å². The second-order valence-electron chi connectivity index (χ2n) is 4.87. The molecule has 0 amide bonds. The van der Waals surface area contributed by atoms with Crippen molar-refractivity contribution in [3.63, 3.8) is 0 Å². The van der Waals surface area contributed by atoms with Crippen molar-refractivity contribution in [1.29, 1.82) is 0 Å². The van der Waals surface area contributed by atoms with Gasteiger partial charge in [0.25, 0.3) is 0 Å². The fourth-order valence-corrected chi connectivity index (χ4v) is 2.29. The average Bonchev–Trinajstić information content (AvgIpc) is 2.41. The Kier molecular flexibility index (Phi) is 4.60. The molecule has 5 heteroatoms. The number of halogens is 1. The Morgan fingerprint density at radius 1 is 1.30 bits per heavy atom. The van der Waals surface area contributed by atoms with Crippen molar-refractivity contribution in [3.05, 3.63) is 40.0 Å². The number of benzene rings is 1. The van der Waals surface area contributed by atoms with Crippen LogP contribution in [-0.2, 0) is 0 Å². The molecule has 20 heavy (non-hydrogen) atoms. The zero-order valence-electron chi connectivity index (χ0n) is 12.1. The van der Waals surface area contributed by atoms with E-state index in [2.05, 4.69) is 58.1 Å². The lowest BCUT2D eigenvalue weighted by molar-refractivity contribution is 0.458. The predicted octanol–water partition coefficient (Wildman–Crippen LogP) is 4.50. The fourth-order valence-electron chi connectivity index (χ4n) is 2.01. The zero-order chi connectivity index (χ0) is 14.7.